The molecule has 1 rings (SSSR count). The fraction of sp³-hybridized carbons (Fsp3) is 0.727. The monoisotopic (exact) mass is 214 g/mol. The zero-order valence-corrected chi connectivity index (χ0v) is 9.70. The van der Waals surface area contributed by atoms with Crippen molar-refractivity contribution in [3.8, 4) is 0 Å². The van der Waals surface area contributed by atoms with Gasteiger partial charge < -0.3 is 14.2 Å². The third-order valence-corrected chi connectivity index (χ3v) is 2.15. The number of esters is 1. The van der Waals surface area contributed by atoms with E-state index in [-0.39, 0.29) is 12.1 Å². The molecule has 0 N–H and O–H groups in total. The summed E-state index contributed by atoms with van der Waals surface area (Å²) in [5.41, 5.74) is 0.832. The van der Waals surface area contributed by atoms with Gasteiger partial charge in [-0.25, -0.2) is 4.79 Å². The van der Waals surface area contributed by atoms with Gasteiger partial charge in [0.25, 0.3) is 0 Å². The van der Waals surface area contributed by atoms with Crippen molar-refractivity contribution in [3.05, 3.63) is 11.6 Å². The normalized spacial score (nSPS) is 25.3. The maximum Gasteiger partial charge on any atom is 0.330 e. The molecule has 1 aliphatic rings. The fourth-order valence-corrected chi connectivity index (χ4v) is 1.37. The zero-order valence-electron chi connectivity index (χ0n) is 9.70. The van der Waals surface area contributed by atoms with E-state index in [1.807, 2.05) is 20.8 Å². The van der Waals surface area contributed by atoms with Gasteiger partial charge in [0, 0.05) is 6.08 Å². The molecule has 1 aliphatic heterocycles. The number of carbonyl (C=O) groups is 1. The van der Waals surface area contributed by atoms with Crippen LogP contribution in [-0.2, 0) is 19.0 Å². The van der Waals surface area contributed by atoms with Gasteiger partial charge >= 0.3 is 5.97 Å². The van der Waals surface area contributed by atoms with Gasteiger partial charge in [0.2, 0.25) is 0 Å². The summed E-state index contributed by atoms with van der Waals surface area (Å²) in [5.74, 6) is -0.891. The molecular weight excluding hydrogens is 196 g/mol. The molecule has 1 saturated heterocycles. The molecule has 15 heavy (non-hydrogen) atoms. The van der Waals surface area contributed by atoms with Crippen LogP contribution in [0.2, 0.25) is 0 Å². The Hall–Kier alpha value is -0.870. The van der Waals surface area contributed by atoms with Crippen molar-refractivity contribution in [2.24, 2.45) is 0 Å². The first-order chi connectivity index (χ1) is 6.94. The lowest BCUT2D eigenvalue weighted by atomic mass is 10.1. The van der Waals surface area contributed by atoms with E-state index in [0.29, 0.717) is 13.2 Å². The third-order valence-electron chi connectivity index (χ3n) is 2.15. The van der Waals surface area contributed by atoms with Crippen molar-refractivity contribution < 1.29 is 19.0 Å². The van der Waals surface area contributed by atoms with Crippen LogP contribution < -0.4 is 0 Å². The SMILES string of the molecule is CCOC(=O)/C=C(\C)[C@H]1COC(C)(C)O1. The Morgan fingerprint density at radius 2 is 2.27 bits per heavy atom. The Morgan fingerprint density at radius 3 is 2.73 bits per heavy atom. The number of carbonyl (C=O) groups excluding carboxylic acids is 1. The van der Waals surface area contributed by atoms with Gasteiger partial charge in [-0.2, -0.15) is 0 Å². The molecule has 0 amide bonds. The summed E-state index contributed by atoms with van der Waals surface area (Å²) in [4.78, 5) is 11.2. The lowest BCUT2D eigenvalue weighted by molar-refractivity contribution is -0.138. The van der Waals surface area contributed by atoms with Crippen LogP contribution in [0.25, 0.3) is 0 Å². The van der Waals surface area contributed by atoms with Crippen molar-refractivity contribution in [1.82, 2.24) is 0 Å². The topological polar surface area (TPSA) is 44.8 Å². The molecule has 0 radical (unpaired) electrons. The zero-order chi connectivity index (χ0) is 11.5. The van der Waals surface area contributed by atoms with E-state index in [0.717, 1.165) is 5.57 Å². The summed E-state index contributed by atoms with van der Waals surface area (Å²) in [7, 11) is 0. The van der Waals surface area contributed by atoms with E-state index in [9.17, 15) is 4.79 Å². The van der Waals surface area contributed by atoms with Crippen LogP contribution in [0.3, 0.4) is 0 Å². The molecule has 1 atom stereocenters. The molecule has 4 nitrogen and oxygen atoms in total. The quantitative estimate of drug-likeness (QED) is 0.529. The number of hydrogen-bond acceptors (Lipinski definition) is 4. The van der Waals surface area contributed by atoms with Gasteiger partial charge in [0.1, 0.15) is 6.10 Å². The highest BCUT2D eigenvalue weighted by Crippen LogP contribution is 2.26. The molecule has 0 bridgehead atoms. The van der Waals surface area contributed by atoms with E-state index in [2.05, 4.69) is 0 Å². The molecule has 0 aromatic rings. The van der Waals surface area contributed by atoms with Gasteiger partial charge in [-0.1, -0.05) is 0 Å². The maximum absolute atomic E-state index is 11.2. The van der Waals surface area contributed by atoms with Crippen LogP contribution in [0.5, 0.6) is 0 Å². The van der Waals surface area contributed by atoms with E-state index < -0.39 is 5.79 Å². The summed E-state index contributed by atoms with van der Waals surface area (Å²) in [6.07, 6.45) is 1.31. The van der Waals surface area contributed by atoms with Crippen molar-refractivity contribution >= 4 is 5.97 Å². The van der Waals surface area contributed by atoms with Gasteiger partial charge in [-0.15, -0.1) is 0 Å². The lowest BCUT2D eigenvalue weighted by Crippen LogP contribution is -2.22. The van der Waals surface area contributed by atoms with E-state index in [1.54, 1.807) is 6.92 Å². The van der Waals surface area contributed by atoms with Crippen LogP contribution in [0.4, 0.5) is 0 Å². The van der Waals surface area contributed by atoms with Crippen LogP contribution in [-0.4, -0.2) is 31.1 Å². The predicted octanol–water partition coefficient (Wildman–Crippen LogP) is 1.65. The molecule has 1 fully saturated rings. The van der Waals surface area contributed by atoms with Crippen molar-refractivity contribution in [3.63, 3.8) is 0 Å². The summed E-state index contributed by atoms with van der Waals surface area (Å²) in [6.45, 7) is 8.19. The minimum absolute atomic E-state index is 0.149. The minimum Gasteiger partial charge on any atom is -0.463 e. The molecule has 1 heterocycles. The van der Waals surface area contributed by atoms with Crippen LogP contribution >= 0.6 is 0 Å². The van der Waals surface area contributed by atoms with Gasteiger partial charge in [-0.3, -0.25) is 0 Å². The molecule has 0 unspecified atom stereocenters. The number of rotatable bonds is 3. The molecule has 0 aromatic heterocycles. The van der Waals surface area contributed by atoms with E-state index in [1.165, 1.54) is 6.08 Å². The Kier molecular flexibility index (Phi) is 3.88. The molecule has 0 spiro atoms. The molecule has 0 saturated carbocycles. The lowest BCUT2D eigenvalue weighted by Gasteiger charge is -2.17. The number of hydrogen-bond donors (Lipinski definition) is 0. The summed E-state index contributed by atoms with van der Waals surface area (Å²) >= 11 is 0. The molecular formula is C11H18O4. The standard InChI is InChI=1S/C11H18O4/c1-5-13-10(12)6-8(2)9-7-14-11(3,4)15-9/h6,9H,5,7H2,1-4H3/b8-6+/t9-/m1/s1. The first kappa shape index (κ1) is 12.2. The van der Waals surface area contributed by atoms with E-state index >= 15 is 0 Å². The third kappa shape index (κ3) is 3.64. The average molecular weight is 214 g/mol. The van der Waals surface area contributed by atoms with Crippen LogP contribution in [0, 0.1) is 0 Å². The van der Waals surface area contributed by atoms with Gasteiger partial charge in [-0.05, 0) is 33.3 Å². The van der Waals surface area contributed by atoms with E-state index in [4.69, 9.17) is 14.2 Å². The van der Waals surface area contributed by atoms with Crippen molar-refractivity contribution in [2.45, 2.75) is 39.6 Å². The largest absolute Gasteiger partial charge is 0.463 e. The van der Waals surface area contributed by atoms with Crippen LogP contribution in [0.1, 0.15) is 27.7 Å². The fourth-order valence-electron chi connectivity index (χ4n) is 1.37. The maximum atomic E-state index is 11.2. The highest BCUT2D eigenvalue weighted by Gasteiger charge is 2.33. The van der Waals surface area contributed by atoms with Crippen LogP contribution in [0.15, 0.2) is 11.6 Å². The van der Waals surface area contributed by atoms with Crippen molar-refractivity contribution in [1.29, 1.82) is 0 Å². The summed E-state index contributed by atoms with van der Waals surface area (Å²) in [6, 6.07) is 0. The molecule has 4 heteroatoms. The summed E-state index contributed by atoms with van der Waals surface area (Å²) < 4.78 is 15.8. The van der Waals surface area contributed by atoms with Crippen molar-refractivity contribution in [2.75, 3.05) is 13.2 Å². The smallest absolute Gasteiger partial charge is 0.330 e. The highest BCUT2D eigenvalue weighted by atomic mass is 16.7. The molecule has 0 aliphatic carbocycles. The Bertz CT molecular complexity index is 268. The summed E-state index contributed by atoms with van der Waals surface area (Å²) in [5, 5.41) is 0. The predicted molar refractivity (Wildman–Crippen MR) is 55.3 cm³/mol. The molecule has 86 valence electrons. The second kappa shape index (κ2) is 4.77. The second-order valence-corrected chi connectivity index (χ2v) is 3.96. The Morgan fingerprint density at radius 1 is 1.60 bits per heavy atom. The first-order valence-corrected chi connectivity index (χ1v) is 5.11. The molecule has 0 aromatic carbocycles. The van der Waals surface area contributed by atoms with Gasteiger partial charge in [0.15, 0.2) is 5.79 Å². The van der Waals surface area contributed by atoms with Gasteiger partial charge in [0.05, 0.1) is 13.2 Å². The minimum atomic E-state index is -0.561. The first-order valence-electron chi connectivity index (χ1n) is 5.11. The Balaban J connectivity index is 2.54. The number of ether oxygens (including phenoxy) is 3. The highest BCUT2D eigenvalue weighted by molar-refractivity contribution is 5.82. The Labute approximate surface area is 90.2 Å². The second-order valence-electron chi connectivity index (χ2n) is 3.96. The average Bonchev–Trinajstić information content (AvgIpc) is 2.46.